The molecule has 1 amide bonds. The van der Waals surface area contributed by atoms with Crippen molar-refractivity contribution in [3.05, 3.63) is 53.2 Å². The summed E-state index contributed by atoms with van der Waals surface area (Å²) in [6.45, 7) is 3.58. The molecule has 4 heteroatoms. The van der Waals surface area contributed by atoms with Crippen molar-refractivity contribution >= 4 is 5.91 Å². The molecule has 1 aromatic carbocycles. The number of hydrogen-bond donors (Lipinski definition) is 0. The van der Waals surface area contributed by atoms with Gasteiger partial charge >= 0.3 is 0 Å². The summed E-state index contributed by atoms with van der Waals surface area (Å²) >= 11 is 0. The third-order valence-corrected chi connectivity index (χ3v) is 4.88. The van der Waals surface area contributed by atoms with Crippen LogP contribution >= 0.6 is 0 Å². The van der Waals surface area contributed by atoms with Crippen LogP contribution in [0.5, 0.6) is 0 Å². The first-order chi connectivity index (χ1) is 11.1. The number of rotatable bonds is 3. The van der Waals surface area contributed by atoms with Gasteiger partial charge in [0.05, 0.1) is 0 Å². The number of carbonyl (C=O) groups excluding carboxylic acids is 1. The molecule has 4 nitrogen and oxygen atoms in total. The van der Waals surface area contributed by atoms with Crippen molar-refractivity contribution in [2.24, 2.45) is 0 Å². The Bertz CT molecular complexity index is 678. The minimum Gasteiger partial charge on any atom is -0.445 e. The van der Waals surface area contributed by atoms with Gasteiger partial charge in [-0.3, -0.25) is 4.79 Å². The topological polar surface area (TPSA) is 46.3 Å². The average molecular weight is 312 g/mol. The number of carbonyl (C=O) groups is 1. The smallest absolute Gasteiger partial charge is 0.276 e. The van der Waals surface area contributed by atoms with Gasteiger partial charge in [-0.2, -0.15) is 0 Å². The van der Waals surface area contributed by atoms with E-state index in [4.69, 9.17) is 4.42 Å². The molecule has 1 aromatic heterocycles. The monoisotopic (exact) mass is 312 g/mol. The highest BCUT2D eigenvalue weighted by Gasteiger charge is 2.33. The lowest BCUT2D eigenvalue weighted by Crippen LogP contribution is -2.42. The highest BCUT2D eigenvalue weighted by Crippen LogP contribution is 2.36. The van der Waals surface area contributed by atoms with Crippen LogP contribution in [-0.2, 0) is 0 Å². The van der Waals surface area contributed by atoms with Gasteiger partial charge in [-0.1, -0.05) is 43.2 Å². The van der Waals surface area contributed by atoms with Crippen molar-refractivity contribution in [3.8, 4) is 0 Å². The van der Waals surface area contributed by atoms with Crippen LogP contribution in [0.2, 0.25) is 0 Å². The third kappa shape index (κ3) is 3.16. The molecule has 0 bridgehead atoms. The maximum Gasteiger partial charge on any atom is 0.276 e. The number of benzene rings is 1. The fraction of sp³-hybridized carbons (Fsp3) is 0.474. The van der Waals surface area contributed by atoms with Gasteiger partial charge in [0.1, 0.15) is 5.76 Å². The number of hydrogen-bond acceptors (Lipinski definition) is 3. The molecule has 2 atom stereocenters. The molecule has 0 radical (unpaired) electrons. The van der Waals surface area contributed by atoms with E-state index in [9.17, 15) is 4.79 Å². The molecule has 0 saturated heterocycles. The Labute approximate surface area is 137 Å². The molecule has 1 heterocycles. The SMILES string of the molecule is Cc1nc(C(=O)N(C)[C@@H]2CCCC[C@H]2c2ccccc2)c(C)o1. The zero-order chi connectivity index (χ0) is 16.4. The van der Waals surface area contributed by atoms with Crippen molar-refractivity contribution in [2.45, 2.75) is 51.5 Å². The van der Waals surface area contributed by atoms with Crippen LogP contribution in [0.15, 0.2) is 34.7 Å². The molecule has 0 N–H and O–H groups in total. The Morgan fingerprint density at radius 1 is 1.17 bits per heavy atom. The highest BCUT2D eigenvalue weighted by atomic mass is 16.4. The van der Waals surface area contributed by atoms with Gasteiger partial charge < -0.3 is 9.32 Å². The van der Waals surface area contributed by atoms with Crippen molar-refractivity contribution in [3.63, 3.8) is 0 Å². The van der Waals surface area contributed by atoms with Crippen LogP contribution in [-0.4, -0.2) is 28.9 Å². The summed E-state index contributed by atoms with van der Waals surface area (Å²) in [6.07, 6.45) is 4.56. The Balaban J connectivity index is 1.85. The molecular weight excluding hydrogens is 288 g/mol. The first-order valence-electron chi connectivity index (χ1n) is 8.34. The molecule has 0 spiro atoms. The zero-order valence-corrected chi connectivity index (χ0v) is 14.1. The fourth-order valence-corrected chi connectivity index (χ4v) is 3.71. The lowest BCUT2D eigenvalue weighted by atomic mass is 9.79. The lowest BCUT2D eigenvalue weighted by molar-refractivity contribution is 0.0662. The van der Waals surface area contributed by atoms with Gasteiger partial charge in [0, 0.05) is 25.9 Å². The van der Waals surface area contributed by atoms with Crippen molar-refractivity contribution in [1.29, 1.82) is 0 Å². The molecule has 1 aliphatic rings. The lowest BCUT2D eigenvalue weighted by Gasteiger charge is -2.38. The van der Waals surface area contributed by atoms with E-state index in [0.29, 0.717) is 23.3 Å². The van der Waals surface area contributed by atoms with Gasteiger partial charge in [-0.25, -0.2) is 4.98 Å². The van der Waals surface area contributed by atoms with E-state index < -0.39 is 0 Å². The normalized spacial score (nSPS) is 21.2. The summed E-state index contributed by atoms with van der Waals surface area (Å²) in [6, 6.07) is 10.8. The second-order valence-electron chi connectivity index (χ2n) is 6.42. The molecule has 23 heavy (non-hydrogen) atoms. The minimum atomic E-state index is -0.0350. The van der Waals surface area contributed by atoms with Gasteiger partial charge in [0.2, 0.25) is 0 Å². The van der Waals surface area contributed by atoms with E-state index in [1.807, 2.05) is 18.0 Å². The van der Waals surface area contributed by atoms with Crippen LogP contribution in [0, 0.1) is 13.8 Å². The zero-order valence-electron chi connectivity index (χ0n) is 14.1. The van der Waals surface area contributed by atoms with Gasteiger partial charge in [-0.15, -0.1) is 0 Å². The molecule has 1 fully saturated rings. The minimum absolute atomic E-state index is 0.0350. The van der Waals surface area contributed by atoms with E-state index in [2.05, 4.69) is 29.2 Å². The van der Waals surface area contributed by atoms with Crippen LogP contribution in [0.25, 0.3) is 0 Å². The molecule has 122 valence electrons. The summed E-state index contributed by atoms with van der Waals surface area (Å²) < 4.78 is 5.43. The molecule has 1 saturated carbocycles. The molecule has 0 aliphatic heterocycles. The first-order valence-corrected chi connectivity index (χ1v) is 8.34. The maximum absolute atomic E-state index is 12.9. The summed E-state index contributed by atoms with van der Waals surface area (Å²) in [4.78, 5) is 19.0. The average Bonchev–Trinajstić information content (AvgIpc) is 2.92. The summed E-state index contributed by atoms with van der Waals surface area (Å²) in [5.41, 5.74) is 1.77. The summed E-state index contributed by atoms with van der Waals surface area (Å²) in [7, 11) is 1.90. The fourth-order valence-electron chi connectivity index (χ4n) is 3.71. The molecule has 1 aliphatic carbocycles. The number of likely N-dealkylation sites (N-methyl/N-ethyl adjacent to an activating group) is 1. The number of aryl methyl sites for hydroxylation is 2. The van der Waals surface area contributed by atoms with Gasteiger partial charge in [0.15, 0.2) is 11.6 Å². The van der Waals surface area contributed by atoms with Gasteiger partial charge in [-0.05, 0) is 25.3 Å². The van der Waals surface area contributed by atoms with Crippen LogP contribution < -0.4 is 0 Å². The second kappa shape index (κ2) is 6.57. The standard InChI is InChI=1S/C19H24N2O2/c1-13-18(20-14(2)23-13)19(22)21(3)17-12-8-7-11-16(17)15-9-5-4-6-10-15/h4-6,9-10,16-17H,7-8,11-12H2,1-3H3/t16-,17+/m0/s1. The molecule has 2 aromatic rings. The van der Waals surface area contributed by atoms with Crippen molar-refractivity contribution in [2.75, 3.05) is 7.05 Å². The molecule has 3 rings (SSSR count). The van der Waals surface area contributed by atoms with Crippen molar-refractivity contribution in [1.82, 2.24) is 9.88 Å². The first kappa shape index (κ1) is 15.8. The Morgan fingerprint density at radius 2 is 1.87 bits per heavy atom. The molecule has 0 unspecified atom stereocenters. The Kier molecular flexibility index (Phi) is 4.51. The van der Waals surface area contributed by atoms with Gasteiger partial charge in [0.25, 0.3) is 5.91 Å². The quantitative estimate of drug-likeness (QED) is 0.857. The third-order valence-electron chi connectivity index (χ3n) is 4.88. The summed E-state index contributed by atoms with van der Waals surface area (Å²) in [5.74, 6) is 1.51. The van der Waals surface area contributed by atoms with E-state index in [-0.39, 0.29) is 11.9 Å². The second-order valence-corrected chi connectivity index (χ2v) is 6.42. The van der Waals surface area contributed by atoms with Crippen LogP contribution in [0.1, 0.15) is 59.3 Å². The predicted octanol–water partition coefficient (Wildman–Crippen LogP) is 4.09. The van der Waals surface area contributed by atoms with E-state index in [1.165, 1.54) is 18.4 Å². The van der Waals surface area contributed by atoms with Crippen LogP contribution in [0.4, 0.5) is 0 Å². The number of amides is 1. The molecular formula is C19H24N2O2. The number of aromatic nitrogens is 1. The van der Waals surface area contributed by atoms with E-state index in [0.717, 1.165) is 12.8 Å². The highest BCUT2D eigenvalue weighted by molar-refractivity contribution is 5.93. The maximum atomic E-state index is 12.9. The van der Waals surface area contributed by atoms with Crippen molar-refractivity contribution < 1.29 is 9.21 Å². The number of oxazole rings is 1. The van der Waals surface area contributed by atoms with E-state index >= 15 is 0 Å². The number of nitrogens with zero attached hydrogens (tertiary/aromatic N) is 2. The van der Waals surface area contributed by atoms with Crippen LogP contribution in [0.3, 0.4) is 0 Å². The summed E-state index contributed by atoms with van der Waals surface area (Å²) in [5, 5.41) is 0. The van der Waals surface area contributed by atoms with E-state index in [1.54, 1.807) is 13.8 Å². The predicted molar refractivity (Wildman–Crippen MR) is 89.5 cm³/mol. The largest absolute Gasteiger partial charge is 0.445 e. The Hall–Kier alpha value is -2.10. The Morgan fingerprint density at radius 3 is 2.52 bits per heavy atom.